The van der Waals surface area contributed by atoms with E-state index in [1.165, 1.54) is 12.8 Å². The summed E-state index contributed by atoms with van der Waals surface area (Å²) in [5.74, 6) is 0.471. The molecule has 0 aliphatic heterocycles. The molecule has 1 rings (SSSR count). The Kier molecular flexibility index (Phi) is 5.65. The van der Waals surface area contributed by atoms with Crippen LogP contribution in [0.25, 0.3) is 0 Å². The molecule has 1 aliphatic rings. The van der Waals surface area contributed by atoms with Gasteiger partial charge in [-0.1, -0.05) is 13.3 Å². The summed E-state index contributed by atoms with van der Waals surface area (Å²) in [6.07, 6.45) is 4.18. The molecule has 4 nitrogen and oxygen atoms in total. The highest BCUT2D eigenvalue weighted by Gasteiger charge is 2.21. The van der Waals surface area contributed by atoms with Crippen LogP contribution in [0.4, 0.5) is 0 Å². The van der Waals surface area contributed by atoms with Crippen molar-refractivity contribution < 1.29 is 9.90 Å². The van der Waals surface area contributed by atoms with E-state index in [4.69, 9.17) is 5.11 Å². The van der Waals surface area contributed by atoms with Crippen molar-refractivity contribution in [3.63, 3.8) is 0 Å². The van der Waals surface area contributed by atoms with Gasteiger partial charge in [-0.2, -0.15) is 0 Å². The minimum Gasteiger partial charge on any atom is -0.396 e. The van der Waals surface area contributed by atoms with Gasteiger partial charge in [0.25, 0.3) is 0 Å². The second-order valence-corrected chi connectivity index (χ2v) is 4.25. The molecule has 1 atom stereocenters. The largest absolute Gasteiger partial charge is 0.396 e. The Morgan fingerprint density at radius 2 is 2.27 bits per heavy atom. The standard InChI is InChI=1S/C11H22N2O2/c1-2-9(5-6-14)7-13-11(15)8-12-10-3-4-10/h9-10,12,14H,2-8H2,1H3,(H,13,15). The first-order valence-electron chi connectivity index (χ1n) is 5.87. The molecule has 0 aromatic rings. The van der Waals surface area contributed by atoms with Gasteiger partial charge >= 0.3 is 0 Å². The van der Waals surface area contributed by atoms with Gasteiger partial charge in [-0.25, -0.2) is 0 Å². The van der Waals surface area contributed by atoms with E-state index >= 15 is 0 Å². The first-order chi connectivity index (χ1) is 7.26. The lowest BCUT2D eigenvalue weighted by Gasteiger charge is -2.14. The fourth-order valence-corrected chi connectivity index (χ4v) is 1.48. The van der Waals surface area contributed by atoms with E-state index in [0.29, 0.717) is 25.0 Å². The number of hydrogen-bond acceptors (Lipinski definition) is 3. The van der Waals surface area contributed by atoms with E-state index in [1.807, 2.05) is 0 Å². The molecule has 4 heteroatoms. The molecule has 0 aromatic carbocycles. The summed E-state index contributed by atoms with van der Waals surface area (Å²) >= 11 is 0. The van der Waals surface area contributed by atoms with Crippen LogP contribution in [0, 0.1) is 5.92 Å². The van der Waals surface area contributed by atoms with Crippen molar-refractivity contribution in [2.45, 2.75) is 38.6 Å². The normalized spacial score (nSPS) is 17.5. The summed E-state index contributed by atoms with van der Waals surface area (Å²) in [4.78, 5) is 11.4. The van der Waals surface area contributed by atoms with E-state index in [9.17, 15) is 4.79 Å². The highest BCUT2D eigenvalue weighted by atomic mass is 16.3. The zero-order valence-corrected chi connectivity index (χ0v) is 9.46. The number of aliphatic hydroxyl groups excluding tert-OH is 1. The zero-order valence-electron chi connectivity index (χ0n) is 9.46. The number of nitrogens with one attached hydrogen (secondary N) is 2. The van der Waals surface area contributed by atoms with Crippen LogP contribution in [0.15, 0.2) is 0 Å². The Labute approximate surface area is 91.4 Å². The first kappa shape index (κ1) is 12.5. The summed E-state index contributed by atoms with van der Waals surface area (Å²) in [7, 11) is 0. The third kappa shape index (κ3) is 5.74. The SMILES string of the molecule is CCC(CCO)CNC(=O)CNC1CC1. The Bertz CT molecular complexity index is 193. The minimum absolute atomic E-state index is 0.0679. The molecule has 15 heavy (non-hydrogen) atoms. The van der Waals surface area contributed by atoms with Crippen LogP contribution >= 0.6 is 0 Å². The van der Waals surface area contributed by atoms with Crippen LogP contribution in [0.3, 0.4) is 0 Å². The summed E-state index contributed by atoms with van der Waals surface area (Å²) < 4.78 is 0. The number of carbonyl (C=O) groups is 1. The average Bonchev–Trinajstić information content (AvgIpc) is 3.05. The summed E-state index contributed by atoms with van der Waals surface area (Å²) in [6.45, 7) is 3.39. The molecule has 88 valence electrons. The fourth-order valence-electron chi connectivity index (χ4n) is 1.48. The third-order valence-electron chi connectivity index (χ3n) is 2.83. The number of rotatable bonds is 8. The lowest BCUT2D eigenvalue weighted by atomic mass is 10.0. The van der Waals surface area contributed by atoms with Gasteiger partial charge in [-0.05, 0) is 25.2 Å². The van der Waals surface area contributed by atoms with Crippen LogP contribution in [-0.2, 0) is 4.79 Å². The maximum atomic E-state index is 11.4. The number of amides is 1. The monoisotopic (exact) mass is 214 g/mol. The van der Waals surface area contributed by atoms with Gasteiger partial charge in [-0.3, -0.25) is 4.79 Å². The molecular weight excluding hydrogens is 192 g/mol. The van der Waals surface area contributed by atoms with Crippen molar-refractivity contribution in [3.05, 3.63) is 0 Å². The number of carbonyl (C=O) groups excluding carboxylic acids is 1. The molecule has 0 radical (unpaired) electrons. The van der Waals surface area contributed by atoms with E-state index in [0.717, 1.165) is 12.8 Å². The second-order valence-electron chi connectivity index (χ2n) is 4.25. The maximum absolute atomic E-state index is 11.4. The zero-order chi connectivity index (χ0) is 11.1. The lowest BCUT2D eigenvalue weighted by molar-refractivity contribution is -0.120. The molecule has 0 saturated heterocycles. The van der Waals surface area contributed by atoms with Gasteiger partial charge in [0, 0.05) is 19.2 Å². The number of hydrogen-bond donors (Lipinski definition) is 3. The predicted octanol–water partition coefficient (Wildman–Crippen LogP) is 0.263. The van der Waals surface area contributed by atoms with E-state index < -0.39 is 0 Å². The molecule has 1 fully saturated rings. The van der Waals surface area contributed by atoms with Crippen molar-refractivity contribution in [2.24, 2.45) is 5.92 Å². The molecule has 3 N–H and O–H groups in total. The van der Waals surface area contributed by atoms with Crippen LogP contribution in [0.1, 0.15) is 32.6 Å². The molecule has 1 unspecified atom stereocenters. The molecule has 1 saturated carbocycles. The predicted molar refractivity (Wildman–Crippen MR) is 59.5 cm³/mol. The Hall–Kier alpha value is -0.610. The van der Waals surface area contributed by atoms with E-state index in [-0.39, 0.29) is 12.5 Å². The van der Waals surface area contributed by atoms with E-state index in [1.54, 1.807) is 0 Å². The molecule has 0 spiro atoms. The highest BCUT2D eigenvalue weighted by molar-refractivity contribution is 5.78. The fraction of sp³-hybridized carbons (Fsp3) is 0.909. The van der Waals surface area contributed by atoms with Crippen molar-refractivity contribution in [1.29, 1.82) is 0 Å². The van der Waals surface area contributed by atoms with Crippen LogP contribution in [0.2, 0.25) is 0 Å². The smallest absolute Gasteiger partial charge is 0.233 e. The minimum atomic E-state index is 0.0679. The van der Waals surface area contributed by atoms with Gasteiger partial charge in [0.15, 0.2) is 0 Å². The summed E-state index contributed by atoms with van der Waals surface area (Å²) in [5.41, 5.74) is 0. The van der Waals surface area contributed by atoms with Gasteiger partial charge < -0.3 is 15.7 Å². The Morgan fingerprint density at radius 3 is 2.80 bits per heavy atom. The average molecular weight is 214 g/mol. The number of aliphatic hydroxyl groups is 1. The van der Waals surface area contributed by atoms with Gasteiger partial charge in [0.1, 0.15) is 0 Å². The van der Waals surface area contributed by atoms with Gasteiger partial charge in [0.05, 0.1) is 6.54 Å². The molecule has 0 bridgehead atoms. The van der Waals surface area contributed by atoms with Crippen molar-refractivity contribution in [1.82, 2.24) is 10.6 Å². The molecule has 0 aromatic heterocycles. The molecule has 0 heterocycles. The van der Waals surface area contributed by atoms with E-state index in [2.05, 4.69) is 17.6 Å². The topological polar surface area (TPSA) is 61.4 Å². The van der Waals surface area contributed by atoms with Crippen LogP contribution < -0.4 is 10.6 Å². The van der Waals surface area contributed by atoms with Gasteiger partial charge in [-0.15, -0.1) is 0 Å². The van der Waals surface area contributed by atoms with Gasteiger partial charge in [0.2, 0.25) is 5.91 Å². The van der Waals surface area contributed by atoms with Crippen LogP contribution in [0.5, 0.6) is 0 Å². The quantitative estimate of drug-likeness (QED) is 0.543. The molecular formula is C11H22N2O2. The van der Waals surface area contributed by atoms with Crippen molar-refractivity contribution in [2.75, 3.05) is 19.7 Å². The first-order valence-corrected chi connectivity index (χ1v) is 5.87. The second kappa shape index (κ2) is 6.80. The third-order valence-corrected chi connectivity index (χ3v) is 2.83. The van der Waals surface area contributed by atoms with Crippen molar-refractivity contribution in [3.8, 4) is 0 Å². The maximum Gasteiger partial charge on any atom is 0.233 e. The van der Waals surface area contributed by atoms with Crippen molar-refractivity contribution >= 4 is 5.91 Å². The molecule has 1 amide bonds. The Morgan fingerprint density at radius 1 is 1.53 bits per heavy atom. The Balaban J connectivity index is 2.02. The molecule has 1 aliphatic carbocycles. The summed E-state index contributed by atoms with van der Waals surface area (Å²) in [6, 6.07) is 0.579. The van der Waals surface area contributed by atoms with Crippen LogP contribution in [-0.4, -0.2) is 36.8 Å². The lowest BCUT2D eigenvalue weighted by Crippen LogP contribution is -2.37. The summed E-state index contributed by atoms with van der Waals surface area (Å²) in [5, 5.41) is 14.9. The highest BCUT2D eigenvalue weighted by Crippen LogP contribution is 2.17.